The maximum absolute atomic E-state index is 12.5. The number of hydrogen-bond acceptors (Lipinski definition) is 3. The minimum absolute atomic E-state index is 0.287. The van der Waals surface area contributed by atoms with E-state index < -0.39 is 10.0 Å². The van der Waals surface area contributed by atoms with Crippen LogP contribution >= 0.6 is 0 Å². The Balaban J connectivity index is 1.68. The van der Waals surface area contributed by atoms with Gasteiger partial charge in [-0.05, 0) is 42.2 Å². The molecule has 0 saturated heterocycles. The zero-order valence-corrected chi connectivity index (χ0v) is 13.5. The van der Waals surface area contributed by atoms with Gasteiger partial charge >= 0.3 is 0 Å². The highest BCUT2D eigenvalue weighted by molar-refractivity contribution is 7.89. The summed E-state index contributed by atoms with van der Waals surface area (Å²) < 4.78 is 27.8. The van der Waals surface area contributed by atoms with Crippen LogP contribution in [-0.4, -0.2) is 21.0 Å². The maximum Gasteiger partial charge on any atom is 0.240 e. The summed E-state index contributed by atoms with van der Waals surface area (Å²) in [4.78, 5) is 0.414. The van der Waals surface area contributed by atoms with Crippen LogP contribution < -0.4 is 10.0 Å². The number of benzene rings is 1. The van der Waals surface area contributed by atoms with Crippen molar-refractivity contribution < 1.29 is 8.42 Å². The normalized spacial score (nSPS) is 24.0. The predicted octanol–water partition coefficient (Wildman–Crippen LogP) is 2.26. The highest BCUT2D eigenvalue weighted by Crippen LogP contribution is 2.51. The molecule has 2 N–H and O–H groups in total. The van der Waals surface area contributed by atoms with Crippen LogP contribution in [-0.2, 0) is 16.6 Å². The van der Waals surface area contributed by atoms with Gasteiger partial charge in [-0.3, -0.25) is 0 Å². The Labute approximate surface area is 127 Å². The molecule has 1 atom stereocenters. The molecule has 0 heterocycles. The lowest BCUT2D eigenvalue weighted by molar-refractivity contribution is 0.536. The molecule has 1 aromatic carbocycles. The van der Waals surface area contributed by atoms with Gasteiger partial charge in [-0.25, -0.2) is 13.1 Å². The van der Waals surface area contributed by atoms with Gasteiger partial charge in [0.25, 0.3) is 0 Å². The molecule has 0 aromatic heterocycles. The summed E-state index contributed by atoms with van der Waals surface area (Å²) in [6, 6.07) is 7.85. The van der Waals surface area contributed by atoms with Gasteiger partial charge in [0.05, 0.1) is 4.90 Å². The molecule has 1 unspecified atom stereocenters. The third-order valence-corrected chi connectivity index (χ3v) is 6.18. The molecule has 0 aliphatic heterocycles. The smallest absolute Gasteiger partial charge is 0.240 e. The minimum atomic E-state index is -3.41. The van der Waals surface area contributed by atoms with E-state index >= 15 is 0 Å². The summed E-state index contributed by atoms with van der Waals surface area (Å²) in [5.74, 6) is 0.462. The van der Waals surface area contributed by atoms with E-state index in [1.54, 1.807) is 12.1 Å². The Bertz CT molecular complexity index is 621. The van der Waals surface area contributed by atoms with Crippen molar-refractivity contribution in [2.45, 2.75) is 50.6 Å². The molecule has 116 valence electrons. The molecule has 2 aliphatic rings. The van der Waals surface area contributed by atoms with Gasteiger partial charge in [-0.1, -0.05) is 32.0 Å². The second kappa shape index (κ2) is 5.38. The first-order valence-electron chi connectivity index (χ1n) is 7.69. The van der Waals surface area contributed by atoms with Crippen molar-refractivity contribution in [3.05, 3.63) is 29.8 Å². The van der Waals surface area contributed by atoms with Gasteiger partial charge < -0.3 is 5.32 Å². The van der Waals surface area contributed by atoms with E-state index in [1.165, 1.54) is 12.8 Å². The first kappa shape index (κ1) is 15.0. The van der Waals surface area contributed by atoms with Crippen molar-refractivity contribution in [3.8, 4) is 0 Å². The molecule has 2 aliphatic carbocycles. The first-order valence-corrected chi connectivity index (χ1v) is 9.18. The standard InChI is InChI=1S/C16H24N2O2S/c1-16(2)9-13(16)11-18-21(19,20)15-6-4-3-5-12(15)10-17-14-7-8-14/h3-6,13-14,17-18H,7-11H2,1-2H3. The Morgan fingerprint density at radius 3 is 2.52 bits per heavy atom. The zero-order valence-electron chi connectivity index (χ0n) is 12.7. The van der Waals surface area contributed by atoms with Gasteiger partial charge in [0.2, 0.25) is 10.0 Å². The summed E-state index contributed by atoms with van der Waals surface area (Å²) in [6.45, 7) is 5.52. The summed E-state index contributed by atoms with van der Waals surface area (Å²) in [5, 5.41) is 3.38. The van der Waals surface area contributed by atoms with Crippen LogP contribution in [0.4, 0.5) is 0 Å². The molecule has 21 heavy (non-hydrogen) atoms. The fourth-order valence-corrected chi connectivity index (χ4v) is 3.99. The summed E-state index contributed by atoms with van der Waals surface area (Å²) >= 11 is 0. The highest BCUT2D eigenvalue weighted by atomic mass is 32.2. The van der Waals surface area contributed by atoms with Crippen LogP contribution in [0.3, 0.4) is 0 Å². The van der Waals surface area contributed by atoms with Gasteiger partial charge in [-0.15, -0.1) is 0 Å². The third kappa shape index (κ3) is 3.65. The molecule has 2 saturated carbocycles. The van der Waals surface area contributed by atoms with Crippen LogP contribution in [0.25, 0.3) is 0 Å². The van der Waals surface area contributed by atoms with Crippen molar-refractivity contribution in [3.63, 3.8) is 0 Å². The third-order valence-electron chi connectivity index (χ3n) is 4.66. The Kier molecular flexibility index (Phi) is 3.84. The van der Waals surface area contributed by atoms with E-state index in [9.17, 15) is 8.42 Å². The van der Waals surface area contributed by atoms with Gasteiger partial charge in [0.1, 0.15) is 0 Å². The Morgan fingerprint density at radius 2 is 1.90 bits per heavy atom. The van der Waals surface area contributed by atoms with Crippen LogP contribution in [0, 0.1) is 11.3 Å². The number of nitrogens with one attached hydrogen (secondary N) is 2. The van der Waals surface area contributed by atoms with Gasteiger partial charge in [-0.2, -0.15) is 0 Å². The summed E-state index contributed by atoms with van der Waals surface area (Å²) in [5.41, 5.74) is 1.14. The molecule has 0 bridgehead atoms. The molecular formula is C16H24N2O2S. The van der Waals surface area contributed by atoms with E-state index in [4.69, 9.17) is 0 Å². The van der Waals surface area contributed by atoms with Crippen LogP contribution in [0.15, 0.2) is 29.2 Å². The molecular weight excluding hydrogens is 284 g/mol. The zero-order chi connectivity index (χ0) is 15.1. The highest BCUT2D eigenvalue weighted by Gasteiger charge is 2.45. The average molecular weight is 308 g/mol. The van der Waals surface area contributed by atoms with Crippen molar-refractivity contribution in [2.24, 2.45) is 11.3 Å². The second-order valence-corrected chi connectivity index (χ2v) is 8.74. The largest absolute Gasteiger partial charge is 0.310 e. The molecule has 2 fully saturated rings. The molecule has 3 rings (SSSR count). The minimum Gasteiger partial charge on any atom is -0.310 e. The second-order valence-electron chi connectivity index (χ2n) is 7.00. The fraction of sp³-hybridized carbons (Fsp3) is 0.625. The Hall–Kier alpha value is -0.910. The molecule has 1 aromatic rings. The SMILES string of the molecule is CC1(C)CC1CNS(=O)(=O)c1ccccc1CNC1CC1. The summed E-state index contributed by atoms with van der Waals surface area (Å²) in [7, 11) is -3.41. The number of sulfonamides is 1. The van der Waals surface area contributed by atoms with Crippen molar-refractivity contribution in [1.29, 1.82) is 0 Å². The van der Waals surface area contributed by atoms with E-state index in [0.717, 1.165) is 12.0 Å². The lowest BCUT2D eigenvalue weighted by atomic mass is 10.1. The topological polar surface area (TPSA) is 58.2 Å². The van der Waals surface area contributed by atoms with Gasteiger partial charge in [0.15, 0.2) is 0 Å². The maximum atomic E-state index is 12.5. The summed E-state index contributed by atoms with van der Waals surface area (Å²) in [6.07, 6.45) is 3.49. The fourth-order valence-electron chi connectivity index (χ4n) is 2.67. The molecule has 4 nitrogen and oxygen atoms in total. The van der Waals surface area contributed by atoms with Crippen LogP contribution in [0.5, 0.6) is 0 Å². The molecule has 0 spiro atoms. The lowest BCUT2D eigenvalue weighted by Gasteiger charge is -2.12. The van der Waals surface area contributed by atoms with E-state index in [-0.39, 0.29) is 5.41 Å². The Morgan fingerprint density at radius 1 is 1.24 bits per heavy atom. The monoisotopic (exact) mass is 308 g/mol. The average Bonchev–Trinajstić information content (AvgIpc) is 3.33. The molecule has 5 heteroatoms. The van der Waals surface area contributed by atoms with Crippen LogP contribution in [0.1, 0.15) is 38.7 Å². The molecule has 0 radical (unpaired) electrons. The molecule has 0 amide bonds. The van der Waals surface area contributed by atoms with Crippen molar-refractivity contribution in [1.82, 2.24) is 10.0 Å². The van der Waals surface area contributed by atoms with E-state index in [2.05, 4.69) is 23.9 Å². The quantitative estimate of drug-likeness (QED) is 0.812. The van der Waals surface area contributed by atoms with E-state index in [1.807, 2.05) is 12.1 Å². The predicted molar refractivity (Wildman–Crippen MR) is 83.4 cm³/mol. The van der Waals surface area contributed by atoms with Crippen molar-refractivity contribution in [2.75, 3.05) is 6.54 Å². The van der Waals surface area contributed by atoms with Crippen molar-refractivity contribution >= 4 is 10.0 Å². The van der Waals surface area contributed by atoms with E-state index in [0.29, 0.717) is 29.9 Å². The number of hydrogen-bond donors (Lipinski definition) is 2. The van der Waals surface area contributed by atoms with Gasteiger partial charge in [0, 0.05) is 19.1 Å². The lowest BCUT2D eigenvalue weighted by Crippen LogP contribution is -2.28. The first-order chi connectivity index (χ1) is 9.88. The number of rotatable bonds is 7. The van der Waals surface area contributed by atoms with Crippen LogP contribution in [0.2, 0.25) is 0 Å².